The maximum Gasteiger partial charge on any atom is 0.240 e. The summed E-state index contributed by atoms with van der Waals surface area (Å²) in [4.78, 5) is 2.47. The van der Waals surface area contributed by atoms with Gasteiger partial charge >= 0.3 is 0 Å². The Kier molecular flexibility index (Phi) is 5.74. The lowest BCUT2D eigenvalue weighted by atomic mass is 10.0. The highest BCUT2D eigenvalue weighted by molar-refractivity contribution is 7.89. The molecule has 0 heterocycles. The summed E-state index contributed by atoms with van der Waals surface area (Å²) in [6.07, 6.45) is 0.660. The molecular formula is C23H23ClN2O2S. The van der Waals surface area contributed by atoms with E-state index in [0.717, 1.165) is 11.1 Å². The van der Waals surface area contributed by atoms with Gasteiger partial charge in [-0.2, -0.15) is 0 Å². The van der Waals surface area contributed by atoms with Crippen LogP contribution in [0.4, 0.5) is 0 Å². The van der Waals surface area contributed by atoms with Gasteiger partial charge in [0.15, 0.2) is 0 Å². The third-order valence-corrected chi connectivity index (χ3v) is 7.09. The molecule has 0 aromatic heterocycles. The van der Waals surface area contributed by atoms with Crippen molar-refractivity contribution in [2.45, 2.75) is 29.9 Å². The zero-order chi connectivity index (χ0) is 20.4. The zero-order valence-electron chi connectivity index (χ0n) is 16.1. The van der Waals surface area contributed by atoms with Crippen molar-refractivity contribution in [3.05, 3.63) is 101 Å². The molecule has 4 rings (SSSR count). The van der Waals surface area contributed by atoms with Gasteiger partial charge in [-0.3, -0.25) is 4.90 Å². The van der Waals surface area contributed by atoms with Crippen molar-refractivity contribution in [3.63, 3.8) is 0 Å². The number of halogens is 1. The molecule has 4 nitrogen and oxygen atoms in total. The van der Waals surface area contributed by atoms with Gasteiger partial charge in [0.2, 0.25) is 10.0 Å². The maximum atomic E-state index is 13.0. The smallest absolute Gasteiger partial charge is 0.240 e. The molecule has 0 radical (unpaired) electrons. The summed E-state index contributed by atoms with van der Waals surface area (Å²) in [6.45, 7) is 0.670. The number of likely N-dealkylation sites (N-methyl/N-ethyl adjacent to an activating group) is 1. The number of hydrogen-bond donors (Lipinski definition) is 1. The van der Waals surface area contributed by atoms with Gasteiger partial charge < -0.3 is 0 Å². The van der Waals surface area contributed by atoms with E-state index in [1.807, 2.05) is 49.5 Å². The predicted octanol–water partition coefficient (Wildman–Crippen LogP) is 4.42. The number of fused-ring (bicyclic) bond motifs is 1. The van der Waals surface area contributed by atoms with Crippen LogP contribution in [0.2, 0.25) is 5.02 Å². The average Bonchev–Trinajstić information content (AvgIpc) is 3.06. The average molecular weight is 427 g/mol. The molecule has 29 heavy (non-hydrogen) atoms. The second-order valence-electron chi connectivity index (χ2n) is 7.43. The van der Waals surface area contributed by atoms with Crippen LogP contribution in [-0.4, -0.2) is 26.4 Å². The van der Waals surface area contributed by atoms with Crippen LogP contribution in [0, 0.1) is 0 Å². The molecule has 0 saturated carbocycles. The number of rotatable bonds is 6. The normalized spacial score (nSPS) is 18.7. The van der Waals surface area contributed by atoms with Crippen LogP contribution >= 0.6 is 11.6 Å². The van der Waals surface area contributed by atoms with Crippen molar-refractivity contribution < 1.29 is 8.42 Å². The fourth-order valence-corrected chi connectivity index (χ4v) is 5.59. The van der Waals surface area contributed by atoms with E-state index in [1.165, 1.54) is 5.56 Å². The molecule has 150 valence electrons. The van der Waals surface area contributed by atoms with Gasteiger partial charge in [0, 0.05) is 17.6 Å². The fraction of sp³-hybridized carbons (Fsp3) is 0.217. The van der Waals surface area contributed by atoms with Crippen molar-refractivity contribution >= 4 is 21.6 Å². The Labute approximate surface area is 177 Å². The van der Waals surface area contributed by atoms with Gasteiger partial charge in [-0.05, 0) is 54.4 Å². The molecule has 3 aromatic rings. The largest absolute Gasteiger partial charge is 0.293 e. The van der Waals surface area contributed by atoms with E-state index in [2.05, 4.69) is 21.8 Å². The topological polar surface area (TPSA) is 49.4 Å². The number of nitrogens with one attached hydrogen (secondary N) is 1. The third kappa shape index (κ3) is 4.38. The van der Waals surface area contributed by atoms with Gasteiger partial charge in [-0.25, -0.2) is 13.1 Å². The van der Waals surface area contributed by atoms with Crippen molar-refractivity contribution in [1.29, 1.82) is 0 Å². The van der Waals surface area contributed by atoms with Crippen molar-refractivity contribution in [3.8, 4) is 0 Å². The highest BCUT2D eigenvalue weighted by Crippen LogP contribution is 2.37. The van der Waals surface area contributed by atoms with Crippen LogP contribution in [0.3, 0.4) is 0 Å². The molecule has 1 aliphatic rings. The Morgan fingerprint density at radius 2 is 1.72 bits per heavy atom. The summed E-state index contributed by atoms with van der Waals surface area (Å²) in [5.74, 6) is 0. The molecule has 0 amide bonds. The van der Waals surface area contributed by atoms with Crippen LogP contribution in [-0.2, 0) is 23.0 Å². The second kappa shape index (κ2) is 8.28. The van der Waals surface area contributed by atoms with Crippen LogP contribution in [0.25, 0.3) is 0 Å². The summed E-state index contributed by atoms with van der Waals surface area (Å²) in [7, 11) is -1.58. The molecule has 1 N–H and O–H groups in total. The lowest BCUT2D eigenvalue weighted by Crippen LogP contribution is -2.43. The SMILES string of the molecule is CN(Cc1cccc(Cl)c1)C1c2ccccc2CC1NS(=O)(=O)c1ccccc1. The van der Waals surface area contributed by atoms with Crippen molar-refractivity contribution in [2.75, 3.05) is 7.05 Å². The van der Waals surface area contributed by atoms with Crippen molar-refractivity contribution in [2.24, 2.45) is 0 Å². The first kappa shape index (κ1) is 20.1. The Bertz CT molecular complexity index is 1100. The molecular weight excluding hydrogens is 404 g/mol. The lowest BCUT2D eigenvalue weighted by Gasteiger charge is -2.31. The number of sulfonamides is 1. The molecule has 2 unspecified atom stereocenters. The monoisotopic (exact) mass is 426 g/mol. The summed E-state index contributed by atoms with van der Waals surface area (Å²) in [6, 6.07) is 24.2. The minimum atomic E-state index is -3.61. The maximum absolute atomic E-state index is 13.0. The van der Waals surface area contributed by atoms with Gasteiger partial charge in [-0.15, -0.1) is 0 Å². The highest BCUT2D eigenvalue weighted by Gasteiger charge is 2.37. The molecule has 0 bridgehead atoms. The van der Waals surface area contributed by atoms with E-state index >= 15 is 0 Å². The molecule has 0 saturated heterocycles. The molecule has 0 spiro atoms. The lowest BCUT2D eigenvalue weighted by molar-refractivity contribution is 0.209. The predicted molar refractivity (Wildman–Crippen MR) is 116 cm³/mol. The van der Waals surface area contributed by atoms with Crippen LogP contribution in [0.1, 0.15) is 22.7 Å². The quantitative estimate of drug-likeness (QED) is 0.634. The van der Waals surface area contributed by atoms with E-state index < -0.39 is 10.0 Å². The third-order valence-electron chi connectivity index (χ3n) is 5.35. The van der Waals surface area contributed by atoms with E-state index in [1.54, 1.807) is 24.3 Å². The molecule has 0 fully saturated rings. The molecule has 1 aliphatic carbocycles. The Morgan fingerprint density at radius 1 is 1.00 bits per heavy atom. The molecule has 0 aliphatic heterocycles. The van der Waals surface area contributed by atoms with Gasteiger partial charge in [0.25, 0.3) is 0 Å². The standard InChI is InChI=1S/C23H23ClN2O2S/c1-26(16-17-8-7-10-19(24)14-17)23-21-13-6-5-9-18(21)15-22(23)25-29(27,28)20-11-3-2-4-12-20/h2-14,22-23,25H,15-16H2,1H3. The Balaban J connectivity index is 1.63. The van der Waals surface area contributed by atoms with Crippen LogP contribution in [0.5, 0.6) is 0 Å². The summed E-state index contributed by atoms with van der Waals surface area (Å²) >= 11 is 6.14. The second-order valence-corrected chi connectivity index (χ2v) is 9.58. The van der Waals surface area contributed by atoms with Crippen molar-refractivity contribution in [1.82, 2.24) is 9.62 Å². The summed E-state index contributed by atoms with van der Waals surface area (Å²) in [5, 5.41) is 0.698. The fourth-order valence-electron chi connectivity index (χ4n) is 4.11. The summed E-state index contributed by atoms with van der Waals surface area (Å²) < 4.78 is 28.9. The van der Waals surface area contributed by atoms with Crippen LogP contribution in [0.15, 0.2) is 83.8 Å². The van der Waals surface area contributed by atoms with Gasteiger partial charge in [0.05, 0.1) is 10.9 Å². The Hall–Kier alpha value is -2.18. The molecule has 3 aromatic carbocycles. The first-order valence-corrected chi connectivity index (χ1v) is 11.4. The summed E-state index contributed by atoms with van der Waals surface area (Å²) in [5.41, 5.74) is 3.43. The minimum Gasteiger partial charge on any atom is -0.293 e. The molecule has 6 heteroatoms. The molecule has 2 atom stereocenters. The van der Waals surface area contributed by atoms with Gasteiger partial charge in [0.1, 0.15) is 0 Å². The van der Waals surface area contributed by atoms with E-state index in [4.69, 9.17) is 11.6 Å². The zero-order valence-corrected chi connectivity index (χ0v) is 17.7. The first-order chi connectivity index (χ1) is 13.9. The van der Waals surface area contributed by atoms with Gasteiger partial charge in [-0.1, -0.05) is 66.2 Å². The van der Waals surface area contributed by atoms with E-state index in [9.17, 15) is 8.42 Å². The first-order valence-electron chi connectivity index (χ1n) is 9.54. The van der Waals surface area contributed by atoms with E-state index in [0.29, 0.717) is 18.0 Å². The Morgan fingerprint density at radius 3 is 2.48 bits per heavy atom. The number of hydrogen-bond acceptors (Lipinski definition) is 3. The highest BCUT2D eigenvalue weighted by atomic mass is 35.5. The number of benzene rings is 3. The van der Waals surface area contributed by atoms with Crippen LogP contribution < -0.4 is 4.72 Å². The number of nitrogens with zero attached hydrogens (tertiary/aromatic N) is 1. The minimum absolute atomic E-state index is 0.0660. The van der Waals surface area contributed by atoms with E-state index in [-0.39, 0.29) is 17.0 Å².